The fourth-order valence-electron chi connectivity index (χ4n) is 2.42. The van der Waals surface area contributed by atoms with Gasteiger partial charge in [0.25, 0.3) is 5.91 Å². The fourth-order valence-corrected chi connectivity index (χ4v) is 2.93. The molecule has 1 atom stereocenters. The van der Waals surface area contributed by atoms with Crippen LogP contribution in [0.2, 0.25) is 5.02 Å². The standard InChI is InChI=1S/C14H18ClIN2O/c1-18-6-2-3-10(9-18)8-17-14(19)11-4-5-13(16)12(15)7-11/h4-5,7,10H,2-3,6,8-9H2,1H3,(H,17,19). The molecule has 1 fully saturated rings. The van der Waals surface area contributed by atoms with Crippen molar-refractivity contribution < 1.29 is 4.79 Å². The van der Waals surface area contributed by atoms with Gasteiger partial charge in [0.05, 0.1) is 5.02 Å². The van der Waals surface area contributed by atoms with Gasteiger partial charge in [0.2, 0.25) is 0 Å². The Balaban J connectivity index is 1.88. The van der Waals surface area contributed by atoms with Gasteiger partial charge in [0.15, 0.2) is 0 Å². The summed E-state index contributed by atoms with van der Waals surface area (Å²) in [5.74, 6) is 0.522. The lowest BCUT2D eigenvalue weighted by Crippen LogP contribution is -2.39. The normalized spacial score (nSPS) is 20.3. The number of halogens is 2. The molecule has 0 aromatic heterocycles. The number of amides is 1. The zero-order chi connectivity index (χ0) is 13.8. The molecule has 1 heterocycles. The Hall–Kier alpha value is -0.330. The Bertz CT molecular complexity index is 467. The first kappa shape index (κ1) is 15.1. The van der Waals surface area contributed by atoms with Crippen molar-refractivity contribution in [1.82, 2.24) is 10.2 Å². The average molecular weight is 393 g/mol. The monoisotopic (exact) mass is 392 g/mol. The molecule has 3 nitrogen and oxygen atoms in total. The quantitative estimate of drug-likeness (QED) is 0.802. The summed E-state index contributed by atoms with van der Waals surface area (Å²) in [6, 6.07) is 5.41. The molecule has 0 aliphatic carbocycles. The Kier molecular flexibility index (Phi) is 5.47. The smallest absolute Gasteiger partial charge is 0.251 e. The van der Waals surface area contributed by atoms with E-state index in [0.717, 1.165) is 23.2 Å². The molecule has 1 aromatic carbocycles. The van der Waals surface area contributed by atoms with Crippen LogP contribution in [0.15, 0.2) is 18.2 Å². The second-order valence-electron chi connectivity index (χ2n) is 5.11. The SMILES string of the molecule is CN1CCCC(CNC(=O)c2ccc(I)c(Cl)c2)C1. The number of carbonyl (C=O) groups excluding carboxylic acids is 1. The van der Waals surface area contributed by atoms with Crippen LogP contribution < -0.4 is 5.32 Å². The number of likely N-dealkylation sites (tertiary alicyclic amines) is 1. The molecule has 1 saturated heterocycles. The summed E-state index contributed by atoms with van der Waals surface area (Å²) in [5, 5.41) is 3.64. The van der Waals surface area contributed by atoms with E-state index in [2.05, 4.69) is 39.9 Å². The van der Waals surface area contributed by atoms with E-state index >= 15 is 0 Å². The van der Waals surface area contributed by atoms with Crippen LogP contribution in [-0.2, 0) is 0 Å². The second-order valence-corrected chi connectivity index (χ2v) is 6.68. The van der Waals surface area contributed by atoms with E-state index < -0.39 is 0 Å². The minimum atomic E-state index is -0.0356. The van der Waals surface area contributed by atoms with Crippen molar-refractivity contribution in [3.8, 4) is 0 Å². The van der Waals surface area contributed by atoms with Gasteiger partial charge in [-0.15, -0.1) is 0 Å². The van der Waals surface area contributed by atoms with Gasteiger partial charge in [-0.05, 0) is 73.1 Å². The molecule has 1 aromatic rings. The first-order valence-corrected chi connectivity index (χ1v) is 7.93. The van der Waals surface area contributed by atoms with Crippen molar-refractivity contribution in [3.05, 3.63) is 32.4 Å². The van der Waals surface area contributed by atoms with Gasteiger partial charge in [-0.2, -0.15) is 0 Å². The van der Waals surface area contributed by atoms with Gasteiger partial charge in [0.1, 0.15) is 0 Å². The molecule has 0 saturated carbocycles. The molecule has 1 unspecified atom stereocenters. The molecule has 1 amide bonds. The highest BCUT2D eigenvalue weighted by molar-refractivity contribution is 14.1. The molecular formula is C14H18ClIN2O. The molecule has 1 aliphatic heterocycles. The van der Waals surface area contributed by atoms with E-state index in [-0.39, 0.29) is 5.91 Å². The summed E-state index contributed by atoms with van der Waals surface area (Å²) in [7, 11) is 2.13. The molecule has 19 heavy (non-hydrogen) atoms. The van der Waals surface area contributed by atoms with Crippen molar-refractivity contribution in [2.45, 2.75) is 12.8 Å². The average Bonchev–Trinajstić information content (AvgIpc) is 2.39. The van der Waals surface area contributed by atoms with Crippen LogP contribution in [0.4, 0.5) is 0 Å². The van der Waals surface area contributed by atoms with E-state index in [1.807, 2.05) is 12.1 Å². The lowest BCUT2D eigenvalue weighted by molar-refractivity contribution is 0.0937. The minimum absolute atomic E-state index is 0.0356. The van der Waals surface area contributed by atoms with Crippen molar-refractivity contribution in [3.63, 3.8) is 0 Å². The fraction of sp³-hybridized carbons (Fsp3) is 0.500. The van der Waals surface area contributed by atoms with Crippen LogP contribution in [0, 0.1) is 9.49 Å². The largest absolute Gasteiger partial charge is 0.352 e. The van der Waals surface area contributed by atoms with Gasteiger partial charge in [-0.3, -0.25) is 4.79 Å². The lowest BCUT2D eigenvalue weighted by Gasteiger charge is -2.29. The maximum Gasteiger partial charge on any atom is 0.251 e. The zero-order valence-electron chi connectivity index (χ0n) is 11.0. The molecule has 0 spiro atoms. The van der Waals surface area contributed by atoms with Crippen LogP contribution in [0.25, 0.3) is 0 Å². The molecule has 1 aliphatic rings. The number of piperidine rings is 1. The predicted octanol–water partition coefficient (Wildman–Crippen LogP) is 3.02. The summed E-state index contributed by atoms with van der Waals surface area (Å²) in [6.07, 6.45) is 2.41. The van der Waals surface area contributed by atoms with Crippen LogP contribution in [0.1, 0.15) is 23.2 Å². The minimum Gasteiger partial charge on any atom is -0.352 e. The van der Waals surface area contributed by atoms with Crippen molar-refractivity contribution in [2.24, 2.45) is 5.92 Å². The second kappa shape index (κ2) is 6.90. The first-order chi connectivity index (χ1) is 9.06. The van der Waals surface area contributed by atoms with E-state index in [1.165, 1.54) is 12.8 Å². The Labute approximate surface area is 132 Å². The van der Waals surface area contributed by atoms with Crippen LogP contribution in [0.5, 0.6) is 0 Å². The zero-order valence-corrected chi connectivity index (χ0v) is 13.9. The van der Waals surface area contributed by atoms with Crippen molar-refractivity contribution >= 4 is 40.1 Å². The maximum absolute atomic E-state index is 12.0. The summed E-state index contributed by atoms with van der Waals surface area (Å²) in [6.45, 7) is 2.97. The van der Waals surface area contributed by atoms with Crippen LogP contribution in [0.3, 0.4) is 0 Å². The summed E-state index contributed by atoms with van der Waals surface area (Å²) < 4.78 is 0.963. The molecular weight excluding hydrogens is 375 g/mol. The summed E-state index contributed by atoms with van der Waals surface area (Å²) in [5.41, 5.74) is 0.634. The van der Waals surface area contributed by atoms with E-state index in [1.54, 1.807) is 6.07 Å². The summed E-state index contributed by atoms with van der Waals surface area (Å²) in [4.78, 5) is 14.4. The van der Waals surface area contributed by atoms with E-state index in [0.29, 0.717) is 16.5 Å². The first-order valence-electron chi connectivity index (χ1n) is 6.48. The van der Waals surface area contributed by atoms with Gasteiger partial charge < -0.3 is 10.2 Å². The van der Waals surface area contributed by atoms with Gasteiger partial charge in [-0.1, -0.05) is 11.6 Å². The Morgan fingerprint density at radius 3 is 3.05 bits per heavy atom. The van der Waals surface area contributed by atoms with Crippen molar-refractivity contribution in [1.29, 1.82) is 0 Å². The molecule has 1 N–H and O–H groups in total. The van der Waals surface area contributed by atoms with Gasteiger partial charge >= 0.3 is 0 Å². The number of benzene rings is 1. The number of hydrogen-bond donors (Lipinski definition) is 1. The molecule has 0 bridgehead atoms. The van der Waals surface area contributed by atoms with Crippen molar-refractivity contribution in [2.75, 3.05) is 26.7 Å². The Morgan fingerprint density at radius 2 is 2.37 bits per heavy atom. The molecule has 104 valence electrons. The van der Waals surface area contributed by atoms with E-state index in [4.69, 9.17) is 11.6 Å². The predicted molar refractivity (Wildman–Crippen MR) is 86.7 cm³/mol. The molecule has 5 heteroatoms. The van der Waals surface area contributed by atoms with Crippen LogP contribution in [-0.4, -0.2) is 37.5 Å². The highest BCUT2D eigenvalue weighted by Crippen LogP contribution is 2.20. The van der Waals surface area contributed by atoms with Gasteiger partial charge in [0, 0.05) is 22.2 Å². The third kappa shape index (κ3) is 4.33. The third-order valence-electron chi connectivity index (χ3n) is 3.46. The Morgan fingerprint density at radius 1 is 1.58 bits per heavy atom. The number of carbonyl (C=O) groups is 1. The highest BCUT2D eigenvalue weighted by Gasteiger charge is 2.18. The number of nitrogens with one attached hydrogen (secondary N) is 1. The molecule has 0 radical (unpaired) electrons. The number of rotatable bonds is 3. The topological polar surface area (TPSA) is 32.3 Å². The number of nitrogens with zero attached hydrogens (tertiary/aromatic N) is 1. The summed E-state index contributed by atoms with van der Waals surface area (Å²) >= 11 is 8.19. The third-order valence-corrected chi connectivity index (χ3v) is 5.03. The highest BCUT2D eigenvalue weighted by atomic mass is 127. The molecule has 2 rings (SSSR count). The van der Waals surface area contributed by atoms with Crippen LogP contribution >= 0.6 is 34.2 Å². The van der Waals surface area contributed by atoms with E-state index in [9.17, 15) is 4.79 Å². The maximum atomic E-state index is 12.0. The lowest BCUT2D eigenvalue weighted by atomic mass is 9.98. The van der Waals surface area contributed by atoms with Gasteiger partial charge in [-0.25, -0.2) is 0 Å². The number of hydrogen-bond acceptors (Lipinski definition) is 2.